The Morgan fingerprint density at radius 3 is 1.35 bits per heavy atom. The molecule has 20 heteroatoms. The van der Waals surface area contributed by atoms with Gasteiger partial charge in [0, 0.05) is 53.4 Å². The minimum Gasteiger partial charge on any atom is -0.463 e. The lowest BCUT2D eigenvalue weighted by Gasteiger charge is -2.43. The van der Waals surface area contributed by atoms with Crippen LogP contribution in [0.3, 0.4) is 0 Å². The van der Waals surface area contributed by atoms with Gasteiger partial charge in [-0.25, -0.2) is 0 Å². The third kappa shape index (κ3) is 16.4. The monoisotopic (exact) mass is 801 g/mol. The van der Waals surface area contributed by atoms with Gasteiger partial charge in [0.25, 0.3) is 0 Å². The number of nitrogens with zero attached hydrogens (tertiary/aromatic N) is 1. The number of nitrogens with one attached hydrogen (secondary N) is 1. The maximum absolute atomic E-state index is 11.4. The van der Waals surface area contributed by atoms with Crippen LogP contribution in [0, 0.1) is 28.6 Å². The zero-order chi connectivity index (χ0) is 36.7. The molecule has 0 aromatic heterocycles. The Hall–Kier alpha value is -3.12. The molecule has 278 valence electrons. The number of hydrogen-bond acceptors (Lipinski definition) is 18. The van der Waals surface area contributed by atoms with Crippen LogP contribution in [-0.4, -0.2) is 107 Å². The Labute approximate surface area is 303 Å². The molecule has 0 spiro atoms. The summed E-state index contributed by atoms with van der Waals surface area (Å²) < 4.78 is 42.6. The van der Waals surface area contributed by atoms with E-state index in [1.165, 1.54) is 53.3 Å². The normalized spacial score (nSPS) is 28.7. The van der Waals surface area contributed by atoms with Gasteiger partial charge in [-0.3, -0.25) is 34.2 Å². The summed E-state index contributed by atoms with van der Waals surface area (Å²) in [6, 6.07) is 1.98. The third-order valence-electron chi connectivity index (χ3n) is 6.63. The predicted molar refractivity (Wildman–Crippen MR) is 179 cm³/mol. The standard InChI is InChI=1S/C15H21NO7S.C14H22N2O7S.BrH/c1-8-13(21-10(3)18)12(7-20-9(2)17)23-15(24-6-5-16)14(8)22-11(4)19;1-6-11(21-8(3)18)10(5-20-7(2)17)23-13(24-14(15)16)12(6)22-9(4)19;/h8,12-15H,6-7H2,1-4H3;6,10-13H,5H2,1-4H3,(H3,15,16);1H. The zero-order valence-electron chi connectivity index (χ0n) is 28.4. The number of nitrogens with two attached hydrogens (primary N) is 1. The van der Waals surface area contributed by atoms with Crippen LogP contribution < -0.4 is 5.73 Å². The lowest BCUT2D eigenvalue weighted by Crippen LogP contribution is -2.56. The molecule has 10 atom stereocenters. The number of amidine groups is 1. The molecule has 2 fully saturated rings. The fourth-order valence-electron chi connectivity index (χ4n) is 4.80. The summed E-state index contributed by atoms with van der Waals surface area (Å²) in [6.07, 6.45) is -4.49. The Balaban J connectivity index is 0.000000922. The van der Waals surface area contributed by atoms with E-state index >= 15 is 0 Å². The number of carbonyl (C=O) groups excluding carboxylic acids is 6. The average Bonchev–Trinajstić information content (AvgIpc) is 2.95. The summed E-state index contributed by atoms with van der Waals surface area (Å²) >= 11 is 2.04. The zero-order valence-corrected chi connectivity index (χ0v) is 31.7. The van der Waals surface area contributed by atoms with E-state index in [2.05, 4.69) is 0 Å². The van der Waals surface area contributed by atoms with E-state index in [4.69, 9.17) is 54.3 Å². The first-order valence-corrected chi connectivity index (χ1v) is 16.6. The molecular weight excluding hydrogens is 758 g/mol. The molecule has 0 aromatic carbocycles. The minimum atomic E-state index is -0.784. The lowest BCUT2D eigenvalue weighted by molar-refractivity contribution is -0.213. The molecule has 2 aliphatic rings. The van der Waals surface area contributed by atoms with Crippen LogP contribution in [0.5, 0.6) is 0 Å². The van der Waals surface area contributed by atoms with Gasteiger partial charge in [-0.15, -0.1) is 28.7 Å². The molecule has 2 saturated heterocycles. The van der Waals surface area contributed by atoms with Crippen LogP contribution in [0.2, 0.25) is 0 Å². The quantitative estimate of drug-likeness (QED) is 0.131. The van der Waals surface area contributed by atoms with Gasteiger partial charge in [-0.05, 0) is 0 Å². The van der Waals surface area contributed by atoms with Gasteiger partial charge in [0.05, 0.1) is 11.8 Å². The van der Waals surface area contributed by atoms with Crippen LogP contribution in [0.25, 0.3) is 0 Å². The first-order valence-electron chi connectivity index (χ1n) is 14.6. The summed E-state index contributed by atoms with van der Waals surface area (Å²) in [5.41, 5.74) is 3.99. The maximum atomic E-state index is 11.4. The van der Waals surface area contributed by atoms with Crippen LogP contribution in [0.1, 0.15) is 55.4 Å². The molecule has 3 N–H and O–H groups in total. The average molecular weight is 803 g/mol. The number of rotatable bonds is 11. The summed E-state index contributed by atoms with van der Waals surface area (Å²) in [7, 11) is 0. The number of carbonyl (C=O) groups is 6. The van der Waals surface area contributed by atoms with Crippen molar-refractivity contribution >= 4 is 81.5 Å². The Morgan fingerprint density at radius 2 is 1.02 bits per heavy atom. The van der Waals surface area contributed by atoms with Gasteiger partial charge < -0.3 is 43.6 Å². The van der Waals surface area contributed by atoms with Gasteiger partial charge in [-0.2, -0.15) is 5.26 Å². The molecule has 0 amide bonds. The largest absolute Gasteiger partial charge is 0.463 e. The summed E-state index contributed by atoms with van der Waals surface area (Å²) in [5, 5.41) is 16.0. The van der Waals surface area contributed by atoms with Crippen molar-refractivity contribution in [3.05, 3.63) is 0 Å². The molecule has 0 bridgehead atoms. The van der Waals surface area contributed by atoms with Crippen LogP contribution >= 0.6 is 40.5 Å². The number of esters is 6. The Morgan fingerprint density at radius 1 is 0.673 bits per heavy atom. The second-order valence-electron chi connectivity index (χ2n) is 10.7. The second kappa shape index (κ2) is 22.6. The third-order valence-corrected chi connectivity index (χ3v) is 8.49. The molecule has 0 radical (unpaired) electrons. The van der Waals surface area contributed by atoms with Gasteiger partial charge in [0.15, 0.2) is 5.17 Å². The van der Waals surface area contributed by atoms with Crippen molar-refractivity contribution in [2.75, 3.05) is 19.0 Å². The molecule has 49 heavy (non-hydrogen) atoms. The highest BCUT2D eigenvalue weighted by atomic mass is 79.9. The summed E-state index contributed by atoms with van der Waals surface area (Å²) in [4.78, 5) is 67.6. The molecule has 2 rings (SSSR count). The minimum absolute atomic E-state index is 0. The second-order valence-corrected chi connectivity index (χ2v) is 12.9. The molecule has 0 saturated carbocycles. The van der Waals surface area contributed by atoms with Crippen molar-refractivity contribution < 1.29 is 66.7 Å². The molecule has 2 heterocycles. The van der Waals surface area contributed by atoms with E-state index in [0.29, 0.717) is 0 Å². The molecule has 0 aromatic rings. The van der Waals surface area contributed by atoms with Crippen molar-refractivity contribution in [3.63, 3.8) is 0 Å². The topological polar surface area (TPSA) is 250 Å². The van der Waals surface area contributed by atoms with Crippen LogP contribution in [0.4, 0.5) is 0 Å². The Bertz CT molecular complexity index is 1220. The number of halogens is 1. The van der Waals surface area contributed by atoms with Gasteiger partial charge in [0.1, 0.15) is 60.7 Å². The highest BCUT2D eigenvalue weighted by Crippen LogP contribution is 2.37. The number of thioether (sulfide) groups is 2. The number of ether oxygens (including phenoxy) is 8. The lowest BCUT2D eigenvalue weighted by atomic mass is 9.91. The van der Waals surface area contributed by atoms with Crippen molar-refractivity contribution in [2.45, 2.75) is 103 Å². The van der Waals surface area contributed by atoms with E-state index in [1.807, 2.05) is 6.07 Å². The first-order chi connectivity index (χ1) is 22.4. The van der Waals surface area contributed by atoms with Crippen molar-refractivity contribution in [3.8, 4) is 6.07 Å². The van der Waals surface area contributed by atoms with E-state index in [-0.39, 0.29) is 41.1 Å². The first kappa shape index (κ1) is 45.9. The highest BCUT2D eigenvalue weighted by Gasteiger charge is 2.49. The van der Waals surface area contributed by atoms with Crippen molar-refractivity contribution in [1.29, 1.82) is 10.7 Å². The number of nitriles is 1. The molecule has 0 aliphatic carbocycles. The van der Waals surface area contributed by atoms with E-state index < -0.39 is 95.1 Å². The molecular formula is C29H44BrN3O14S2. The fraction of sp³-hybridized carbons (Fsp3) is 0.724. The molecule has 2 aliphatic heterocycles. The summed E-state index contributed by atoms with van der Waals surface area (Å²) in [6.45, 7) is 10.8. The maximum Gasteiger partial charge on any atom is 0.303 e. The van der Waals surface area contributed by atoms with Crippen LogP contribution in [0.15, 0.2) is 0 Å². The predicted octanol–water partition coefficient (Wildman–Crippen LogP) is 2.01. The van der Waals surface area contributed by atoms with E-state index in [0.717, 1.165) is 11.8 Å². The smallest absolute Gasteiger partial charge is 0.303 e. The van der Waals surface area contributed by atoms with Gasteiger partial charge >= 0.3 is 35.8 Å². The van der Waals surface area contributed by atoms with E-state index in [1.54, 1.807) is 13.8 Å². The summed E-state index contributed by atoms with van der Waals surface area (Å²) in [5.74, 6) is -3.82. The molecule has 10 unspecified atom stereocenters. The Kier molecular flexibility index (Phi) is 21.1. The highest BCUT2D eigenvalue weighted by molar-refractivity contribution is 8.93. The number of hydrogen-bond donors (Lipinski definition) is 2. The van der Waals surface area contributed by atoms with Gasteiger partial charge in [-0.1, -0.05) is 25.6 Å². The van der Waals surface area contributed by atoms with Gasteiger partial charge in [0.2, 0.25) is 0 Å². The SMILES string of the molecule is Br.CC(=O)OCC1OC(SC(=N)N)C(OC(C)=O)C(C)C1OC(C)=O.CC(=O)OCC1OC(SCC#N)C(OC(C)=O)C(C)C1OC(C)=O. The fourth-order valence-corrected chi connectivity index (χ4v) is 6.64. The van der Waals surface area contributed by atoms with E-state index in [9.17, 15) is 28.8 Å². The van der Waals surface area contributed by atoms with Crippen molar-refractivity contribution in [1.82, 2.24) is 0 Å². The van der Waals surface area contributed by atoms with Crippen LogP contribution in [-0.2, 0) is 66.7 Å². The molecule has 17 nitrogen and oxygen atoms in total. The van der Waals surface area contributed by atoms with Crippen molar-refractivity contribution in [2.24, 2.45) is 17.6 Å².